The first-order chi connectivity index (χ1) is 18.5. The Morgan fingerprint density at radius 1 is 0.897 bits per heavy atom. The highest BCUT2D eigenvalue weighted by molar-refractivity contribution is 7.92. The molecule has 0 aromatic heterocycles. The third-order valence-corrected chi connectivity index (χ3v) is 8.28. The van der Waals surface area contributed by atoms with Gasteiger partial charge in [0.05, 0.1) is 22.0 Å². The van der Waals surface area contributed by atoms with E-state index in [-0.39, 0.29) is 40.6 Å². The monoisotopic (exact) mass is 589 g/mol. The zero-order valence-corrected chi connectivity index (χ0v) is 24.5. The molecule has 7 nitrogen and oxygen atoms in total. The summed E-state index contributed by atoms with van der Waals surface area (Å²) in [6, 6.07) is 22.2. The second-order valence-corrected chi connectivity index (χ2v) is 12.1. The van der Waals surface area contributed by atoms with Crippen LogP contribution < -0.4 is 9.62 Å². The molecule has 0 aliphatic heterocycles. The lowest BCUT2D eigenvalue weighted by Crippen LogP contribution is -2.54. The van der Waals surface area contributed by atoms with Gasteiger partial charge in [-0.1, -0.05) is 96.9 Å². The van der Waals surface area contributed by atoms with Gasteiger partial charge in [-0.25, -0.2) is 8.42 Å². The van der Waals surface area contributed by atoms with Gasteiger partial charge in [-0.05, 0) is 36.6 Å². The molecule has 1 N–H and O–H groups in total. The van der Waals surface area contributed by atoms with Crippen LogP contribution >= 0.6 is 23.2 Å². The van der Waals surface area contributed by atoms with Crippen molar-refractivity contribution in [1.82, 2.24) is 10.2 Å². The Balaban J connectivity index is 2.06. The first kappa shape index (κ1) is 30.5. The van der Waals surface area contributed by atoms with E-state index in [0.29, 0.717) is 6.42 Å². The molecule has 2 amide bonds. The van der Waals surface area contributed by atoms with Gasteiger partial charge in [0.1, 0.15) is 12.6 Å². The Labute approximate surface area is 240 Å². The number of hydrogen-bond donors (Lipinski definition) is 1. The molecule has 0 unspecified atom stereocenters. The minimum atomic E-state index is -3.94. The Morgan fingerprint density at radius 2 is 1.49 bits per heavy atom. The van der Waals surface area contributed by atoms with Gasteiger partial charge in [-0.3, -0.25) is 13.9 Å². The van der Waals surface area contributed by atoms with E-state index >= 15 is 0 Å². The van der Waals surface area contributed by atoms with Crippen molar-refractivity contribution >= 4 is 50.7 Å². The molecule has 0 aliphatic rings. The van der Waals surface area contributed by atoms with Crippen molar-refractivity contribution in [3.05, 3.63) is 100 Å². The van der Waals surface area contributed by atoms with Gasteiger partial charge < -0.3 is 10.2 Å². The molecule has 0 saturated heterocycles. The molecule has 0 fully saturated rings. The van der Waals surface area contributed by atoms with Crippen LogP contribution in [0.5, 0.6) is 0 Å². The van der Waals surface area contributed by atoms with Gasteiger partial charge >= 0.3 is 0 Å². The van der Waals surface area contributed by atoms with Crippen LogP contribution in [0, 0.1) is 0 Å². The quantitative estimate of drug-likeness (QED) is 0.310. The zero-order chi connectivity index (χ0) is 28.6. The smallest absolute Gasteiger partial charge is 0.244 e. The number of rotatable bonds is 12. The summed E-state index contributed by atoms with van der Waals surface area (Å²) in [5.41, 5.74) is 1.75. The maximum Gasteiger partial charge on any atom is 0.244 e. The summed E-state index contributed by atoms with van der Waals surface area (Å²) in [7, 11) is -3.94. The largest absolute Gasteiger partial charge is 0.352 e. The standard InChI is InChI=1S/C29H33Cl2N3O4S/c1-4-21(2)32-29(36)26(18-22-12-7-5-8-13-22)33(19-23-14-9-6-10-15-23)27(35)20-34(39(3,37)38)25-17-11-16-24(30)28(25)31/h5-17,21,26H,4,18-20H2,1-3H3,(H,32,36)/t21-,26-/m1/s1. The van der Waals surface area contributed by atoms with Crippen molar-refractivity contribution in [3.63, 3.8) is 0 Å². The minimum Gasteiger partial charge on any atom is -0.352 e. The van der Waals surface area contributed by atoms with E-state index in [0.717, 1.165) is 21.7 Å². The summed E-state index contributed by atoms with van der Waals surface area (Å²) >= 11 is 12.5. The highest BCUT2D eigenvalue weighted by atomic mass is 35.5. The number of sulfonamides is 1. The highest BCUT2D eigenvalue weighted by Crippen LogP contribution is 2.33. The highest BCUT2D eigenvalue weighted by Gasteiger charge is 2.34. The first-order valence-electron chi connectivity index (χ1n) is 12.6. The van der Waals surface area contributed by atoms with Crippen molar-refractivity contribution in [2.75, 3.05) is 17.1 Å². The maximum atomic E-state index is 14.0. The summed E-state index contributed by atoms with van der Waals surface area (Å²) in [6.07, 6.45) is 1.96. The van der Waals surface area contributed by atoms with Crippen LogP contribution in [0.4, 0.5) is 5.69 Å². The third-order valence-electron chi connectivity index (χ3n) is 6.35. The van der Waals surface area contributed by atoms with E-state index in [2.05, 4.69) is 5.32 Å². The molecule has 3 aromatic carbocycles. The average Bonchev–Trinajstić information content (AvgIpc) is 2.91. The van der Waals surface area contributed by atoms with Crippen LogP contribution in [-0.2, 0) is 32.6 Å². The van der Waals surface area contributed by atoms with Crippen LogP contribution in [0.3, 0.4) is 0 Å². The Kier molecular flexibility index (Phi) is 10.8. The number of carbonyl (C=O) groups excluding carboxylic acids is 2. The Hall–Kier alpha value is -3.07. The number of nitrogens with zero attached hydrogens (tertiary/aromatic N) is 2. The van der Waals surface area contributed by atoms with Crippen molar-refractivity contribution in [2.45, 2.75) is 45.3 Å². The fraction of sp³-hybridized carbons (Fsp3) is 0.310. The molecule has 0 radical (unpaired) electrons. The van der Waals surface area contributed by atoms with Crippen LogP contribution in [-0.4, -0.2) is 50.0 Å². The molecule has 3 rings (SSSR count). The molecule has 3 aromatic rings. The van der Waals surface area contributed by atoms with Gasteiger partial charge in [0.2, 0.25) is 21.8 Å². The summed E-state index contributed by atoms with van der Waals surface area (Å²) in [4.78, 5) is 29.1. The number of benzene rings is 3. The molecule has 0 saturated carbocycles. The topological polar surface area (TPSA) is 86.8 Å². The molecule has 0 bridgehead atoms. The van der Waals surface area contributed by atoms with E-state index in [4.69, 9.17) is 23.2 Å². The van der Waals surface area contributed by atoms with Crippen LogP contribution in [0.1, 0.15) is 31.4 Å². The van der Waals surface area contributed by atoms with Gasteiger partial charge in [0, 0.05) is 19.0 Å². The summed E-state index contributed by atoms with van der Waals surface area (Å²) in [6.45, 7) is 3.40. The van der Waals surface area contributed by atoms with E-state index < -0.39 is 28.5 Å². The fourth-order valence-electron chi connectivity index (χ4n) is 4.05. The second-order valence-electron chi connectivity index (χ2n) is 9.37. The van der Waals surface area contributed by atoms with Crippen LogP contribution in [0.25, 0.3) is 0 Å². The van der Waals surface area contributed by atoms with E-state index in [1.165, 1.54) is 17.0 Å². The van der Waals surface area contributed by atoms with Gasteiger partial charge in [-0.2, -0.15) is 0 Å². The van der Waals surface area contributed by atoms with Crippen LogP contribution in [0.2, 0.25) is 10.0 Å². The molecular formula is C29H33Cl2N3O4S. The molecule has 2 atom stereocenters. The summed E-state index contributed by atoms with van der Waals surface area (Å²) < 4.78 is 26.7. The average molecular weight is 591 g/mol. The third kappa shape index (κ3) is 8.46. The number of amides is 2. The maximum absolute atomic E-state index is 14.0. The van der Waals surface area contributed by atoms with Crippen molar-refractivity contribution in [1.29, 1.82) is 0 Å². The van der Waals surface area contributed by atoms with Crippen molar-refractivity contribution in [3.8, 4) is 0 Å². The molecule has 10 heteroatoms. The second kappa shape index (κ2) is 13.8. The van der Waals surface area contributed by atoms with Gasteiger partial charge in [-0.15, -0.1) is 0 Å². The zero-order valence-electron chi connectivity index (χ0n) is 22.2. The molecule has 208 valence electrons. The Morgan fingerprint density at radius 3 is 2.05 bits per heavy atom. The minimum absolute atomic E-state index is 0.0161. The predicted octanol–water partition coefficient (Wildman–Crippen LogP) is 5.31. The molecule has 0 aliphatic carbocycles. The fourth-order valence-corrected chi connectivity index (χ4v) is 5.36. The molecule has 0 spiro atoms. The van der Waals surface area contributed by atoms with Crippen molar-refractivity contribution < 1.29 is 18.0 Å². The lowest BCUT2D eigenvalue weighted by molar-refractivity contribution is -0.140. The van der Waals surface area contributed by atoms with Crippen LogP contribution in [0.15, 0.2) is 78.9 Å². The number of nitrogens with one attached hydrogen (secondary N) is 1. The number of hydrogen-bond acceptors (Lipinski definition) is 4. The number of carbonyl (C=O) groups is 2. The normalized spacial score (nSPS) is 12.8. The van der Waals surface area contributed by atoms with Gasteiger partial charge in [0.15, 0.2) is 0 Å². The Bertz CT molecular complexity index is 1370. The molecular weight excluding hydrogens is 557 g/mol. The number of halogens is 2. The molecule has 39 heavy (non-hydrogen) atoms. The van der Waals surface area contributed by atoms with E-state index in [1.807, 2.05) is 74.5 Å². The lowest BCUT2D eigenvalue weighted by Gasteiger charge is -2.34. The van der Waals surface area contributed by atoms with Crippen molar-refractivity contribution in [2.24, 2.45) is 0 Å². The molecule has 0 heterocycles. The summed E-state index contributed by atoms with van der Waals surface area (Å²) in [5, 5.41) is 3.17. The number of anilines is 1. The van der Waals surface area contributed by atoms with Gasteiger partial charge in [0.25, 0.3) is 0 Å². The lowest BCUT2D eigenvalue weighted by atomic mass is 10.0. The van der Waals surface area contributed by atoms with E-state index in [1.54, 1.807) is 6.07 Å². The SMILES string of the molecule is CC[C@@H](C)NC(=O)[C@@H](Cc1ccccc1)N(Cc1ccccc1)C(=O)CN(c1cccc(Cl)c1Cl)S(C)(=O)=O. The van der Waals surface area contributed by atoms with E-state index in [9.17, 15) is 18.0 Å². The first-order valence-corrected chi connectivity index (χ1v) is 15.2. The summed E-state index contributed by atoms with van der Waals surface area (Å²) in [5.74, 6) is -0.871. The predicted molar refractivity (Wildman–Crippen MR) is 157 cm³/mol.